The standard InChI is InChI=1S/C22H28Cl2N2O/c23-17-6-7-22(20(24)14-17)27-13-12-26-10-8-18(9-11-26)25-21-15-19(21)16-4-2-1-3-5-16/h2,4-7,14,18-19,21,25H,1,3,8-13,15H2/t19-,21+/m0/s1. The van der Waals surface area contributed by atoms with E-state index in [0.717, 1.165) is 25.6 Å². The fraction of sp³-hybridized carbons (Fsp3) is 0.545. The molecule has 1 heterocycles. The molecule has 2 atom stereocenters. The molecule has 146 valence electrons. The summed E-state index contributed by atoms with van der Waals surface area (Å²) >= 11 is 12.1. The van der Waals surface area contributed by atoms with Crippen molar-refractivity contribution in [1.82, 2.24) is 10.2 Å². The van der Waals surface area contributed by atoms with E-state index in [2.05, 4.69) is 28.4 Å². The predicted octanol–water partition coefficient (Wildman–Crippen LogP) is 5.09. The van der Waals surface area contributed by atoms with Gasteiger partial charge >= 0.3 is 0 Å². The number of piperidine rings is 1. The van der Waals surface area contributed by atoms with Gasteiger partial charge in [0.25, 0.3) is 0 Å². The summed E-state index contributed by atoms with van der Waals surface area (Å²) in [6, 6.07) is 6.73. The van der Waals surface area contributed by atoms with Crippen molar-refractivity contribution in [2.24, 2.45) is 5.92 Å². The monoisotopic (exact) mass is 406 g/mol. The predicted molar refractivity (Wildman–Crippen MR) is 113 cm³/mol. The van der Waals surface area contributed by atoms with Crippen molar-refractivity contribution in [3.05, 3.63) is 52.0 Å². The Balaban J connectivity index is 1.13. The van der Waals surface area contributed by atoms with Crippen LogP contribution in [-0.2, 0) is 0 Å². The van der Waals surface area contributed by atoms with Crippen molar-refractivity contribution in [1.29, 1.82) is 0 Å². The van der Waals surface area contributed by atoms with E-state index in [-0.39, 0.29) is 0 Å². The number of ether oxygens (including phenoxy) is 1. The van der Waals surface area contributed by atoms with Gasteiger partial charge in [-0.3, -0.25) is 4.90 Å². The first-order chi connectivity index (χ1) is 13.2. The number of nitrogens with one attached hydrogen (secondary N) is 1. The van der Waals surface area contributed by atoms with Crippen LogP contribution in [0.5, 0.6) is 5.75 Å². The van der Waals surface area contributed by atoms with Crippen LogP contribution in [0, 0.1) is 5.92 Å². The maximum atomic E-state index is 6.15. The molecule has 2 aliphatic carbocycles. The Morgan fingerprint density at radius 3 is 2.74 bits per heavy atom. The highest BCUT2D eigenvalue weighted by atomic mass is 35.5. The average molecular weight is 407 g/mol. The molecule has 0 radical (unpaired) electrons. The number of rotatable bonds is 7. The van der Waals surface area contributed by atoms with Gasteiger partial charge in [-0.2, -0.15) is 0 Å². The van der Waals surface area contributed by atoms with E-state index in [1.54, 1.807) is 11.6 Å². The zero-order chi connectivity index (χ0) is 18.6. The molecule has 4 rings (SSSR count). The third kappa shape index (κ3) is 5.29. The van der Waals surface area contributed by atoms with Crippen LogP contribution in [0.1, 0.15) is 32.1 Å². The number of allylic oxidation sites excluding steroid dienone is 3. The maximum absolute atomic E-state index is 6.15. The van der Waals surface area contributed by atoms with Crippen LogP contribution < -0.4 is 10.1 Å². The summed E-state index contributed by atoms with van der Waals surface area (Å²) < 4.78 is 5.82. The van der Waals surface area contributed by atoms with E-state index in [0.29, 0.717) is 34.5 Å². The smallest absolute Gasteiger partial charge is 0.138 e. The number of hydrogen-bond acceptors (Lipinski definition) is 3. The lowest BCUT2D eigenvalue weighted by molar-refractivity contribution is 0.164. The quantitative estimate of drug-likeness (QED) is 0.681. The van der Waals surface area contributed by atoms with Crippen LogP contribution >= 0.6 is 23.2 Å². The highest BCUT2D eigenvalue weighted by molar-refractivity contribution is 6.35. The number of likely N-dealkylation sites (tertiary alicyclic amines) is 1. The van der Waals surface area contributed by atoms with Gasteiger partial charge in [0.15, 0.2) is 0 Å². The lowest BCUT2D eigenvalue weighted by atomic mass is 10.0. The average Bonchev–Trinajstić information content (AvgIpc) is 3.45. The molecule has 0 aromatic heterocycles. The van der Waals surface area contributed by atoms with Crippen LogP contribution in [0.15, 0.2) is 42.0 Å². The molecule has 1 aromatic carbocycles. The fourth-order valence-electron chi connectivity index (χ4n) is 4.16. The number of halogens is 2. The van der Waals surface area contributed by atoms with Crippen LogP contribution in [0.3, 0.4) is 0 Å². The lowest BCUT2D eigenvalue weighted by Crippen LogP contribution is -2.44. The van der Waals surface area contributed by atoms with Crippen molar-refractivity contribution < 1.29 is 4.74 Å². The molecule has 3 aliphatic rings. The third-order valence-corrected chi connectivity index (χ3v) is 6.37. The van der Waals surface area contributed by atoms with E-state index in [1.165, 1.54) is 32.1 Å². The Labute approximate surface area is 172 Å². The van der Waals surface area contributed by atoms with Gasteiger partial charge in [-0.05, 0) is 69.0 Å². The second-order valence-corrected chi connectivity index (χ2v) is 8.68. The molecule has 0 spiro atoms. The van der Waals surface area contributed by atoms with Gasteiger partial charge in [-0.25, -0.2) is 0 Å². The van der Waals surface area contributed by atoms with Gasteiger partial charge < -0.3 is 10.1 Å². The first kappa shape index (κ1) is 19.3. The largest absolute Gasteiger partial charge is 0.491 e. The molecule has 1 saturated carbocycles. The first-order valence-corrected chi connectivity index (χ1v) is 10.9. The summed E-state index contributed by atoms with van der Waals surface area (Å²) in [5.74, 6) is 1.47. The molecule has 1 N–H and O–H groups in total. The first-order valence-electron chi connectivity index (χ1n) is 10.1. The zero-order valence-electron chi connectivity index (χ0n) is 15.7. The van der Waals surface area contributed by atoms with Gasteiger partial charge in [0, 0.05) is 29.6 Å². The van der Waals surface area contributed by atoms with Crippen molar-refractivity contribution in [3.8, 4) is 5.75 Å². The Kier molecular flexibility index (Phi) is 6.44. The molecule has 2 fully saturated rings. The molecule has 0 amide bonds. The normalized spacial score (nSPS) is 26.1. The molecule has 27 heavy (non-hydrogen) atoms. The van der Waals surface area contributed by atoms with Crippen LogP contribution in [0.4, 0.5) is 0 Å². The van der Waals surface area contributed by atoms with Crippen molar-refractivity contribution in [3.63, 3.8) is 0 Å². The Hall–Kier alpha value is -1.00. The lowest BCUT2D eigenvalue weighted by Gasteiger charge is -2.32. The second-order valence-electron chi connectivity index (χ2n) is 7.84. The van der Waals surface area contributed by atoms with Crippen LogP contribution in [-0.4, -0.2) is 43.2 Å². The number of nitrogens with zero attached hydrogens (tertiary/aromatic N) is 1. The summed E-state index contributed by atoms with van der Waals surface area (Å²) in [5, 5.41) is 5.10. The van der Waals surface area contributed by atoms with E-state index in [1.807, 2.05) is 12.1 Å². The summed E-state index contributed by atoms with van der Waals surface area (Å²) in [6.07, 6.45) is 13.3. The van der Waals surface area contributed by atoms with Crippen LogP contribution in [0.2, 0.25) is 10.0 Å². The number of benzene rings is 1. The van der Waals surface area contributed by atoms with Gasteiger partial charge in [0.1, 0.15) is 12.4 Å². The molecule has 3 nitrogen and oxygen atoms in total. The maximum Gasteiger partial charge on any atom is 0.138 e. The molecule has 1 aliphatic heterocycles. The molecular formula is C22H28Cl2N2O. The third-order valence-electron chi connectivity index (χ3n) is 5.84. The summed E-state index contributed by atoms with van der Waals surface area (Å²) in [5.41, 5.74) is 1.56. The minimum atomic E-state index is 0.576. The van der Waals surface area contributed by atoms with Crippen LogP contribution in [0.25, 0.3) is 0 Å². The molecule has 0 bridgehead atoms. The van der Waals surface area contributed by atoms with Gasteiger partial charge in [0.05, 0.1) is 5.02 Å². The molecular weight excluding hydrogens is 379 g/mol. The van der Waals surface area contributed by atoms with E-state index in [9.17, 15) is 0 Å². The minimum Gasteiger partial charge on any atom is -0.491 e. The Morgan fingerprint density at radius 1 is 1.15 bits per heavy atom. The highest BCUT2D eigenvalue weighted by Crippen LogP contribution is 2.40. The van der Waals surface area contributed by atoms with Crippen molar-refractivity contribution in [2.75, 3.05) is 26.2 Å². The Morgan fingerprint density at radius 2 is 2.00 bits per heavy atom. The SMILES string of the molecule is Clc1ccc(OCCN2CCC(N[C@@H]3C[C@H]3C3=CCCC=C3)CC2)c(Cl)c1. The summed E-state index contributed by atoms with van der Waals surface area (Å²) in [4.78, 5) is 2.48. The fourth-order valence-corrected chi connectivity index (χ4v) is 4.62. The van der Waals surface area contributed by atoms with Crippen molar-refractivity contribution in [2.45, 2.75) is 44.2 Å². The zero-order valence-corrected chi connectivity index (χ0v) is 17.2. The molecule has 1 saturated heterocycles. The topological polar surface area (TPSA) is 24.5 Å². The van der Waals surface area contributed by atoms with E-state index >= 15 is 0 Å². The highest BCUT2D eigenvalue weighted by Gasteiger charge is 2.40. The minimum absolute atomic E-state index is 0.576. The molecule has 5 heteroatoms. The number of hydrogen-bond donors (Lipinski definition) is 1. The summed E-state index contributed by atoms with van der Waals surface area (Å²) in [6.45, 7) is 3.87. The van der Waals surface area contributed by atoms with Crippen molar-refractivity contribution >= 4 is 23.2 Å². The van der Waals surface area contributed by atoms with Gasteiger partial charge in [-0.1, -0.05) is 41.4 Å². The van der Waals surface area contributed by atoms with E-state index < -0.39 is 0 Å². The second kappa shape index (κ2) is 9.00. The molecule has 0 unspecified atom stereocenters. The van der Waals surface area contributed by atoms with Gasteiger partial charge in [0.2, 0.25) is 0 Å². The molecule has 1 aromatic rings. The Bertz CT molecular complexity index is 710. The van der Waals surface area contributed by atoms with E-state index in [4.69, 9.17) is 27.9 Å². The summed E-state index contributed by atoms with van der Waals surface area (Å²) in [7, 11) is 0. The van der Waals surface area contributed by atoms with Gasteiger partial charge in [-0.15, -0.1) is 0 Å².